The molecule has 1 aliphatic carbocycles. The first kappa shape index (κ1) is 24.7. The van der Waals surface area contributed by atoms with E-state index >= 15 is 0 Å². The van der Waals surface area contributed by atoms with Gasteiger partial charge in [0, 0.05) is 31.8 Å². The number of likely N-dealkylation sites (N-methyl/N-ethyl adjacent to an activating group) is 1. The van der Waals surface area contributed by atoms with Crippen LogP contribution in [0, 0.1) is 0 Å². The summed E-state index contributed by atoms with van der Waals surface area (Å²) in [6.45, 7) is 2.32. The van der Waals surface area contributed by atoms with Crippen molar-refractivity contribution in [1.29, 1.82) is 0 Å². The maximum absolute atomic E-state index is 12.8. The van der Waals surface area contributed by atoms with Crippen LogP contribution in [-0.4, -0.2) is 70.8 Å². The van der Waals surface area contributed by atoms with Crippen LogP contribution < -0.4 is 18.9 Å². The van der Waals surface area contributed by atoms with Gasteiger partial charge in [0.2, 0.25) is 5.91 Å². The van der Waals surface area contributed by atoms with Gasteiger partial charge in [-0.1, -0.05) is 12.2 Å². The number of hydrogen-bond donors (Lipinski definition) is 0. The minimum absolute atomic E-state index is 0.0562. The Morgan fingerprint density at radius 2 is 1.54 bits per heavy atom. The molecule has 0 aromatic heterocycles. The van der Waals surface area contributed by atoms with E-state index in [1.54, 1.807) is 33.3 Å². The number of carbonyl (C=O) groups excluding carboxylic acids is 1. The van der Waals surface area contributed by atoms with Gasteiger partial charge in [-0.05, 0) is 66.1 Å². The summed E-state index contributed by atoms with van der Waals surface area (Å²) in [5, 5.41) is 0. The fraction of sp³-hybridized carbons (Fsp3) is 0.393. The van der Waals surface area contributed by atoms with E-state index in [2.05, 4.69) is 36.2 Å². The smallest absolute Gasteiger partial charge is 0.231 e. The summed E-state index contributed by atoms with van der Waals surface area (Å²) in [7, 11) is 8.68. The van der Waals surface area contributed by atoms with E-state index in [9.17, 15) is 4.79 Å². The van der Waals surface area contributed by atoms with Gasteiger partial charge in [-0.15, -0.1) is 0 Å². The van der Waals surface area contributed by atoms with Crippen LogP contribution in [0.5, 0.6) is 23.0 Å². The molecule has 0 radical (unpaired) electrons. The number of hydrogen-bond acceptors (Lipinski definition) is 6. The zero-order valence-electron chi connectivity index (χ0n) is 21.2. The number of rotatable bonds is 10. The number of fused-ring (bicyclic) bond motifs is 2. The molecule has 186 valence electrons. The van der Waals surface area contributed by atoms with Gasteiger partial charge in [0.1, 0.15) is 0 Å². The van der Waals surface area contributed by atoms with E-state index in [1.165, 1.54) is 11.1 Å². The van der Waals surface area contributed by atoms with Crippen LogP contribution in [0.15, 0.2) is 42.6 Å². The molecule has 0 saturated heterocycles. The number of benzene rings is 2. The van der Waals surface area contributed by atoms with Crippen molar-refractivity contribution in [2.24, 2.45) is 0 Å². The molecule has 0 spiro atoms. The Kier molecular flexibility index (Phi) is 7.66. The van der Waals surface area contributed by atoms with Gasteiger partial charge in [-0.3, -0.25) is 4.79 Å². The normalized spacial score (nSPS) is 16.6. The minimum Gasteiger partial charge on any atom is -0.493 e. The lowest BCUT2D eigenvalue weighted by Crippen LogP contribution is -2.31. The van der Waals surface area contributed by atoms with Crippen molar-refractivity contribution >= 4 is 12.0 Å². The third-order valence-corrected chi connectivity index (χ3v) is 6.71. The molecule has 0 bridgehead atoms. The predicted octanol–water partition coefficient (Wildman–Crippen LogP) is 3.90. The van der Waals surface area contributed by atoms with Crippen LogP contribution in [0.4, 0.5) is 0 Å². The van der Waals surface area contributed by atoms with Crippen LogP contribution in [-0.2, 0) is 17.6 Å². The number of carbonyl (C=O) groups is 1. The third-order valence-electron chi connectivity index (χ3n) is 6.71. The largest absolute Gasteiger partial charge is 0.493 e. The number of methoxy groups -OCH3 is 4. The lowest BCUT2D eigenvalue weighted by molar-refractivity contribution is -0.127. The van der Waals surface area contributed by atoms with Crippen molar-refractivity contribution in [3.05, 3.63) is 64.9 Å². The second kappa shape index (κ2) is 10.9. The Morgan fingerprint density at radius 3 is 2.23 bits per heavy atom. The fourth-order valence-electron chi connectivity index (χ4n) is 4.72. The maximum atomic E-state index is 12.8. The average molecular weight is 479 g/mol. The highest BCUT2D eigenvalue weighted by Gasteiger charge is 2.29. The summed E-state index contributed by atoms with van der Waals surface area (Å²) in [4.78, 5) is 16.9. The van der Waals surface area contributed by atoms with Gasteiger partial charge in [0.05, 0.1) is 34.9 Å². The van der Waals surface area contributed by atoms with Gasteiger partial charge in [0.15, 0.2) is 23.0 Å². The fourth-order valence-corrected chi connectivity index (χ4v) is 4.72. The molecule has 2 aromatic rings. The van der Waals surface area contributed by atoms with Crippen LogP contribution in [0.2, 0.25) is 0 Å². The highest BCUT2D eigenvalue weighted by molar-refractivity contribution is 5.84. The Balaban J connectivity index is 1.30. The third kappa shape index (κ3) is 5.30. The molecule has 1 heterocycles. The summed E-state index contributed by atoms with van der Waals surface area (Å²) in [5.41, 5.74) is 4.58. The number of ether oxygens (including phenoxy) is 4. The lowest BCUT2D eigenvalue weighted by Gasteiger charge is -2.34. The Hall–Kier alpha value is -3.45. The zero-order valence-corrected chi connectivity index (χ0v) is 21.2. The number of nitrogens with zero attached hydrogens (tertiary/aromatic N) is 2. The van der Waals surface area contributed by atoms with E-state index in [0.717, 1.165) is 42.1 Å². The van der Waals surface area contributed by atoms with Crippen molar-refractivity contribution < 1.29 is 23.7 Å². The van der Waals surface area contributed by atoms with E-state index in [4.69, 9.17) is 18.9 Å². The molecular weight excluding hydrogens is 444 g/mol. The summed E-state index contributed by atoms with van der Waals surface area (Å²) in [6, 6.07) is 7.98. The molecule has 1 atom stereocenters. The first-order valence-corrected chi connectivity index (χ1v) is 11.8. The van der Waals surface area contributed by atoms with E-state index in [0.29, 0.717) is 30.4 Å². The minimum atomic E-state index is 0.0562. The van der Waals surface area contributed by atoms with Gasteiger partial charge >= 0.3 is 0 Å². The molecule has 0 N–H and O–H groups in total. The average Bonchev–Trinajstić information content (AvgIpc) is 3.01. The second-order valence-electron chi connectivity index (χ2n) is 8.94. The van der Waals surface area contributed by atoms with Gasteiger partial charge < -0.3 is 28.7 Å². The van der Waals surface area contributed by atoms with Crippen molar-refractivity contribution in [2.45, 2.75) is 18.8 Å². The van der Waals surface area contributed by atoms with E-state index < -0.39 is 0 Å². The van der Waals surface area contributed by atoms with Crippen LogP contribution in [0.1, 0.15) is 28.2 Å². The molecule has 4 rings (SSSR count). The lowest BCUT2D eigenvalue weighted by atomic mass is 9.77. The molecule has 7 heteroatoms. The topological polar surface area (TPSA) is 60.5 Å². The monoisotopic (exact) mass is 478 g/mol. The molecule has 0 fully saturated rings. The first-order valence-electron chi connectivity index (χ1n) is 11.8. The standard InChI is InChI=1S/C28H34N2O5/c1-29(18-22-12-21-15-26(34-4)27(35-5)17-23(21)22)9-6-7-10-30-11-8-19-13-24(32-2)25(33-3)14-20(19)16-28(30)31/h6-8,11,13-15,17,22H,9-10,12,16,18H2,1-5H3/b7-6-/t22-/m0/s1. The molecule has 1 amide bonds. The van der Waals surface area contributed by atoms with Crippen LogP contribution >= 0.6 is 0 Å². The molecule has 0 unspecified atom stereocenters. The van der Waals surface area contributed by atoms with Crippen LogP contribution in [0.3, 0.4) is 0 Å². The maximum Gasteiger partial charge on any atom is 0.231 e. The van der Waals surface area contributed by atoms with Crippen molar-refractivity contribution in [3.63, 3.8) is 0 Å². The van der Waals surface area contributed by atoms with E-state index in [-0.39, 0.29) is 5.91 Å². The number of amides is 1. The van der Waals surface area contributed by atoms with Gasteiger partial charge in [0.25, 0.3) is 0 Å². The van der Waals surface area contributed by atoms with Crippen LogP contribution in [0.25, 0.3) is 6.08 Å². The Morgan fingerprint density at radius 1 is 0.914 bits per heavy atom. The van der Waals surface area contributed by atoms with E-state index in [1.807, 2.05) is 24.4 Å². The Bertz CT molecular complexity index is 1140. The second-order valence-corrected chi connectivity index (χ2v) is 8.94. The highest BCUT2D eigenvalue weighted by Crippen LogP contribution is 2.42. The molecule has 35 heavy (non-hydrogen) atoms. The van der Waals surface area contributed by atoms with Crippen molar-refractivity contribution in [1.82, 2.24) is 9.80 Å². The Labute approximate surface area is 207 Å². The summed E-state index contributed by atoms with van der Waals surface area (Å²) in [5.74, 6) is 3.42. The van der Waals surface area contributed by atoms with Crippen molar-refractivity contribution in [2.75, 3.05) is 55.1 Å². The molecule has 2 aromatic carbocycles. The summed E-state index contributed by atoms with van der Waals surface area (Å²) >= 11 is 0. The summed E-state index contributed by atoms with van der Waals surface area (Å²) in [6.07, 6.45) is 9.36. The zero-order chi connectivity index (χ0) is 24.9. The highest BCUT2D eigenvalue weighted by atomic mass is 16.5. The molecule has 7 nitrogen and oxygen atoms in total. The summed E-state index contributed by atoms with van der Waals surface area (Å²) < 4.78 is 21.6. The first-order chi connectivity index (χ1) is 17.0. The van der Waals surface area contributed by atoms with Gasteiger partial charge in [-0.2, -0.15) is 0 Å². The van der Waals surface area contributed by atoms with Crippen molar-refractivity contribution in [3.8, 4) is 23.0 Å². The molecular formula is C28H34N2O5. The molecule has 1 aliphatic heterocycles. The SMILES string of the molecule is COc1cc2c(cc1OC)CC(=O)N(C/C=C\CN(C)C[C@@H]1Cc3cc(OC)c(OC)cc31)C=C2. The quantitative estimate of drug-likeness (QED) is 0.483. The molecule has 2 aliphatic rings. The molecule has 0 saturated carbocycles. The predicted molar refractivity (Wildman–Crippen MR) is 137 cm³/mol. The van der Waals surface area contributed by atoms with Gasteiger partial charge in [-0.25, -0.2) is 0 Å².